The molecule has 2 aromatic carbocycles. The smallest absolute Gasteiger partial charge is 0.259 e. The van der Waals surface area contributed by atoms with E-state index in [1.807, 2.05) is 0 Å². The number of phenols is 2. The van der Waals surface area contributed by atoms with Crippen molar-refractivity contribution in [3.8, 4) is 11.5 Å². The molecule has 19 heavy (non-hydrogen) atoms. The van der Waals surface area contributed by atoms with E-state index in [4.69, 9.17) is 5.73 Å². The molecule has 6 heteroatoms. The van der Waals surface area contributed by atoms with Gasteiger partial charge in [-0.3, -0.25) is 4.79 Å². The molecule has 5 nitrogen and oxygen atoms in total. The Morgan fingerprint density at radius 2 is 1.95 bits per heavy atom. The van der Waals surface area contributed by atoms with E-state index in [-0.39, 0.29) is 11.3 Å². The third kappa shape index (κ3) is 2.79. The van der Waals surface area contributed by atoms with Crippen LogP contribution in [0, 0.1) is 0 Å². The van der Waals surface area contributed by atoms with Crippen LogP contribution in [0.4, 0.5) is 11.4 Å². The molecule has 0 fully saturated rings. The van der Waals surface area contributed by atoms with Gasteiger partial charge in [0.05, 0.1) is 11.3 Å². The Bertz CT molecular complexity index is 644. The van der Waals surface area contributed by atoms with Crippen LogP contribution in [-0.2, 0) is 0 Å². The molecule has 1 amide bonds. The van der Waals surface area contributed by atoms with E-state index in [0.717, 1.165) is 0 Å². The maximum atomic E-state index is 12.0. The van der Waals surface area contributed by atoms with Gasteiger partial charge < -0.3 is 21.3 Å². The molecule has 2 rings (SSSR count). The molecule has 0 aromatic heterocycles. The van der Waals surface area contributed by atoms with E-state index < -0.39 is 11.7 Å². The summed E-state index contributed by atoms with van der Waals surface area (Å²) in [4.78, 5) is 12.0. The Balaban J connectivity index is 2.31. The van der Waals surface area contributed by atoms with Crippen LogP contribution in [0.15, 0.2) is 40.9 Å². The van der Waals surface area contributed by atoms with Crippen molar-refractivity contribution in [3.05, 3.63) is 46.4 Å². The van der Waals surface area contributed by atoms with Crippen LogP contribution >= 0.6 is 15.9 Å². The van der Waals surface area contributed by atoms with Gasteiger partial charge in [0, 0.05) is 10.2 Å². The van der Waals surface area contributed by atoms with Crippen molar-refractivity contribution in [1.82, 2.24) is 0 Å². The van der Waals surface area contributed by atoms with Gasteiger partial charge in [-0.25, -0.2) is 0 Å². The normalized spacial score (nSPS) is 10.2. The minimum atomic E-state index is -0.542. The molecule has 0 unspecified atom stereocenters. The SMILES string of the molecule is Nc1ccc(Br)c(NC(=O)c2cccc(O)c2O)c1. The van der Waals surface area contributed by atoms with E-state index in [2.05, 4.69) is 21.2 Å². The lowest BCUT2D eigenvalue weighted by atomic mass is 10.1. The number of hydrogen-bond donors (Lipinski definition) is 4. The van der Waals surface area contributed by atoms with E-state index in [1.54, 1.807) is 18.2 Å². The third-order valence-corrected chi connectivity index (χ3v) is 3.19. The molecule has 0 saturated carbocycles. The highest BCUT2D eigenvalue weighted by atomic mass is 79.9. The number of nitrogens with one attached hydrogen (secondary N) is 1. The number of phenolic OH excluding ortho intramolecular Hbond substituents is 2. The molecule has 0 heterocycles. The average Bonchev–Trinajstić information content (AvgIpc) is 2.37. The van der Waals surface area contributed by atoms with Crippen LogP contribution in [0.25, 0.3) is 0 Å². The highest BCUT2D eigenvalue weighted by Crippen LogP contribution is 2.30. The summed E-state index contributed by atoms with van der Waals surface area (Å²) in [6.07, 6.45) is 0. The fourth-order valence-electron chi connectivity index (χ4n) is 1.54. The zero-order valence-electron chi connectivity index (χ0n) is 9.72. The summed E-state index contributed by atoms with van der Waals surface area (Å²) in [5.74, 6) is -1.35. The predicted molar refractivity (Wildman–Crippen MR) is 76.3 cm³/mol. The van der Waals surface area contributed by atoms with E-state index in [0.29, 0.717) is 15.8 Å². The molecule has 0 bridgehead atoms. The lowest BCUT2D eigenvalue weighted by Gasteiger charge is -2.09. The largest absolute Gasteiger partial charge is 0.504 e. The number of halogens is 1. The van der Waals surface area contributed by atoms with Crippen LogP contribution in [-0.4, -0.2) is 16.1 Å². The summed E-state index contributed by atoms with van der Waals surface area (Å²) in [7, 11) is 0. The fraction of sp³-hybridized carbons (Fsp3) is 0. The minimum Gasteiger partial charge on any atom is -0.504 e. The van der Waals surface area contributed by atoms with Crippen molar-refractivity contribution in [2.75, 3.05) is 11.1 Å². The molecule has 0 aliphatic rings. The number of carbonyl (C=O) groups excluding carboxylic acids is 1. The standard InChI is InChI=1S/C13H11BrN2O3/c14-9-5-4-7(15)6-10(9)16-13(19)8-2-1-3-11(17)12(8)18/h1-6,17-18H,15H2,(H,16,19). The molecule has 0 aliphatic carbocycles. The van der Waals surface area contributed by atoms with Gasteiger partial charge in [-0.15, -0.1) is 0 Å². The maximum absolute atomic E-state index is 12.0. The van der Waals surface area contributed by atoms with E-state index in [1.165, 1.54) is 18.2 Å². The summed E-state index contributed by atoms with van der Waals surface area (Å²) in [5, 5.41) is 21.6. The zero-order chi connectivity index (χ0) is 14.0. The van der Waals surface area contributed by atoms with Gasteiger partial charge in [-0.05, 0) is 46.3 Å². The number of amides is 1. The predicted octanol–water partition coefficient (Wildman–Crippen LogP) is 2.69. The number of carbonyl (C=O) groups is 1. The van der Waals surface area contributed by atoms with Crippen molar-refractivity contribution >= 4 is 33.2 Å². The Morgan fingerprint density at radius 1 is 1.21 bits per heavy atom. The van der Waals surface area contributed by atoms with Gasteiger partial charge in [0.15, 0.2) is 11.5 Å². The third-order valence-electron chi connectivity index (χ3n) is 2.50. The number of nitrogen functional groups attached to an aromatic ring is 1. The van der Waals surface area contributed by atoms with E-state index >= 15 is 0 Å². The molecule has 0 aliphatic heterocycles. The number of hydrogen-bond acceptors (Lipinski definition) is 4. The number of aromatic hydroxyl groups is 2. The van der Waals surface area contributed by atoms with Crippen LogP contribution in [0.5, 0.6) is 11.5 Å². The maximum Gasteiger partial charge on any atom is 0.259 e. The van der Waals surface area contributed by atoms with Gasteiger partial charge in [-0.1, -0.05) is 6.07 Å². The Hall–Kier alpha value is -2.21. The van der Waals surface area contributed by atoms with Crippen LogP contribution in [0.2, 0.25) is 0 Å². The summed E-state index contributed by atoms with van der Waals surface area (Å²) in [6.45, 7) is 0. The quantitative estimate of drug-likeness (QED) is 0.505. The van der Waals surface area contributed by atoms with Crippen molar-refractivity contribution in [2.24, 2.45) is 0 Å². The van der Waals surface area contributed by atoms with Crippen molar-refractivity contribution in [2.45, 2.75) is 0 Å². The summed E-state index contributed by atoms with van der Waals surface area (Å²) in [6, 6.07) is 9.14. The fourth-order valence-corrected chi connectivity index (χ4v) is 1.89. The highest BCUT2D eigenvalue weighted by Gasteiger charge is 2.15. The van der Waals surface area contributed by atoms with Crippen molar-refractivity contribution in [1.29, 1.82) is 0 Å². The van der Waals surface area contributed by atoms with Crippen molar-refractivity contribution < 1.29 is 15.0 Å². The van der Waals surface area contributed by atoms with Crippen molar-refractivity contribution in [3.63, 3.8) is 0 Å². The number of para-hydroxylation sites is 1. The van der Waals surface area contributed by atoms with Gasteiger partial charge in [-0.2, -0.15) is 0 Å². The molecule has 2 aromatic rings. The highest BCUT2D eigenvalue weighted by molar-refractivity contribution is 9.10. The van der Waals surface area contributed by atoms with Gasteiger partial charge in [0.2, 0.25) is 0 Å². The number of benzene rings is 2. The summed E-state index contributed by atoms with van der Waals surface area (Å²) >= 11 is 3.28. The Morgan fingerprint density at radius 3 is 2.68 bits per heavy atom. The second-order valence-corrected chi connectivity index (χ2v) is 4.72. The number of anilines is 2. The van der Waals surface area contributed by atoms with Crippen LogP contribution < -0.4 is 11.1 Å². The molecule has 0 radical (unpaired) electrons. The van der Waals surface area contributed by atoms with Gasteiger partial charge >= 0.3 is 0 Å². The second-order valence-electron chi connectivity index (χ2n) is 3.87. The molecular weight excluding hydrogens is 312 g/mol. The molecule has 0 atom stereocenters. The summed E-state index contributed by atoms with van der Waals surface area (Å²) in [5.41, 5.74) is 6.59. The minimum absolute atomic E-state index is 0.0191. The summed E-state index contributed by atoms with van der Waals surface area (Å²) < 4.78 is 0.662. The first-order valence-electron chi connectivity index (χ1n) is 5.36. The first-order chi connectivity index (χ1) is 8.99. The number of rotatable bonds is 2. The topological polar surface area (TPSA) is 95.6 Å². The first kappa shape index (κ1) is 13.2. The Kier molecular flexibility index (Phi) is 3.62. The lowest BCUT2D eigenvalue weighted by Crippen LogP contribution is -2.12. The second kappa shape index (κ2) is 5.19. The van der Waals surface area contributed by atoms with Crippen LogP contribution in [0.3, 0.4) is 0 Å². The first-order valence-corrected chi connectivity index (χ1v) is 6.15. The lowest BCUT2D eigenvalue weighted by molar-refractivity contribution is 0.102. The Labute approximate surface area is 117 Å². The van der Waals surface area contributed by atoms with E-state index in [9.17, 15) is 15.0 Å². The number of nitrogens with two attached hydrogens (primary N) is 1. The monoisotopic (exact) mass is 322 g/mol. The van der Waals surface area contributed by atoms with Gasteiger partial charge in [0.1, 0.15) is 0 Å². The average molecular weight is 323 g/mol. The zero-order valence-corrected chi connectivity index (χ0v) is 11.3. The van der Waals surface area contributed by atoms with Crippen LogP contribution in [0.1, 0.15) is 10.4 Å². The molecule has 5 N–H and O–H groups in total. The molecular formula is C13H11BrN2O3. The molecule has 0 saturated heterocycles. The van der Waals surface area contributed by atoms with Gasteiger partial charge in [0.25, 0.3) is 5.91 Å². The molecule has 0 spiro atoms. The molecule has 98 valence electrons.